The van der Waals surface area contributed by atoms with Gasteiger partial charge in [0.2, 0.25) is 0 Å². The van der Waals surface area contributed by atoms with E-state index in [1.54, 1.807) is 25.1 Å². The van der Waals surface area contributed by atoms with Gasteiger partial charge in [0.1, 0.15) is 11.5 Å². The molecule has 76 valence electrons. The van der Waals surface area contributed by atoms with Crippen LogP contribution in [0.5, 0.6) is 11.5 Å². The molecule has 0 atom stereocenters. The highest BCUT2D eigenvalue weighted by Crippen LogP contribution is 2.39. The van der Waals surface area contributed by atoms with Crippen molar-refractivity contribution in [3.63, 3.8) is 0 Å². The van der Waals surface area contributed by atoms with Gasteiger partial charge in [0.05, 0.1) is 0 Å². The fraction of sp³-hybridized carbons (Fsp3) is 0.0769. The van der Waals surface area contributed by atoms with E-state index in [2.05, 4.69) is 6.58 Å². The van der Waals surface area contributed by atoms with Crippen molar-refractivity contribution in [2.75, 3.05) is 0 Å². The van der Waals surface area contributed by atoms with E-state index in [1.807, 2.05) is 12.1 Å². The maximum absolute atomic E-state index is 9.97. The lowest BCUT2D eigenvalue weighted by Gasteiger charge is -2.11. The zero-order valence-electron chi connectivity index (χ0n) is 8.49. The van der Waals surface area contributed by atoms with E-state index in [0.29, 0.717) is 21.9 Å². The van der Waals surface area contributed by atoms with Crippen molar-refractivity contribution < 1.29 is 10.2 Å². The van der Waals surface area contributed by atoms with E-state index in [4.69, 9.17) is 0 Å². The Bertz CT molecular complexity index is 542. The van der Waals surface area contributed by atoms with Crippen molar-refractivity contribution in [3.05, 3.63) is 42.0 Å². The number of hydrogen-bond acceptors (Lipinski definition) is 2. The molecule has 2 N–H and O–H groups in total. The van der Waals surface area contributed by atoms with E-state index in [1.165, 1.54) is 0 Å². The molecule has 2 nitrogen and oxygen atoms in total. The Balaban J connectivity index is 3.02. The SMILES string of the molecule is C=Cc1c(C)c(O)c2ccccc2c1O. The summed E-state index contributed by atoms with van der Waals surface area (Å²) >= 11 is 0. The van der Waals surface area contributed by atoms with Crippen molar-refractivity contribution in [1.82, 2.24) is 0 Å². The molecule has 2 aromatic carbocycles. The lowest BCUT2D eigenvalue weighted by atomic mass is 9.99. The Labute approximate surface area is 88.1 Å². The van der Waals surface area contributed by atoms with Gasteiger partial charge in [-0.25, -0.2) is 0 Å². The third kappa shape index (κ3) is 1.26. The highest BCUT2D eigenvalue weighted by atomic mass is 16.3. The first-order valence-electron chi connectivity index (χ1n) is 4.72. The van der Waals surface area contributed by atoms with E-state index < -0.39 is 0 Å². The van der Waals surface area contributed by atoms with Crippen LogP contribution in [-0.4, -0.2) is 10.2 Å². The first-order chi connectivity index (χ1) is 7.16. The van der Waals surface area contributed by atoms with E-state index in [9.17, 15) is 10.2 Å². The van der Waals surface area contributed by atoms with Crippen LogP contribution in [0.1, 0.15) is 11.1 Å². The molecular formula is C13H12O2. The molecular weight excluding hydrogens is 188 g/mol. The van der Waals surface area contributed by atoms with Crippen LogP contribution in [0.3, 0.4) is 0 Å². The smallest absolute Gasteiger partial charge is 0.131 e. The minimum absolute atomic E-state index is 0.177. The summed E-state index contributed by atoms with van der Waals surface area (Å²) in [6.45, 7) is 5.39. The predicted octanol–water partition coefficient (Wildman–Crippen LogP) is 3.20. The average molecular weight is 200 g/mol. The minimum atomic E-state index is 0.177. The van der Waals surface area contributed by atoms with Crippen molar-refractivity contribution in [3.8, 4) is 11.5 Å². The quantitative estimate of drug-likeness (QED) is 0.694. The van der Waals surface area contributed by atoms with Gasteiger partial charge in [-0.3, -0.25) is 0 Å². The number of rotatable bonds is 1. The molecule has 0 saturated heterocycles. The Morgan fingerprint density at radius 2 is 1.60 bits per heavy atom. The molecule has 0 bridgehead atoms. The highest BCUT2D eigenvalue weighted by molar-refractivity contribution is 5.97. The lowest BCUT2D eigenvalue weighted by Crippen LogP contribution is -1.86. The van der Waals surface area contributed by atoms with Crippen molar-refractivity contribution >= 4 is 16.8 Å². The summed E-state index contributed by atoms with van der Waals surface area (Å²) in [6.07, 6.45) is 1.55. The van der Waals surface area contributed by atoms with Crippen LogP contribution in [-0.2, 0) is 0 Å². The van der Waals surface area contributed by atoms with Gasteiger partial charge in [-0.2, -0.15) is 0 Å². The van der Waals surface area contributed by atoms with Crippen molar-refractivity contribution in [1.29, 1.82) is 0 Å². The molecule has 0 unspecified atom stereocenters. The zero-order valence-corrected chi connectivity index (χ0v) is 8.49. The van der Waals surface area contributed by atoms with Gasteiger partial charge < -0.3 is 10.2 Å². The molecule has 0 aliphatic heterocycles. The lowest BCUT2D eigenvalue weighted by molar-refractivity contribution is 0.465. The molecule has 0 aliphatic rings. The number of phenols is 2. The second-order valence-electron chi connectivity index (χ2n) is 3.49. The topological polar surface area (TPSA) is 40.5 Å². The largest absolute Gasteiger partial charge is 0.507 e. The number of aromatic hydroxyl groups is 2. The number of benzene rings is 2. The highest BCUT2D eigenvalue weighted by Gasteiger charge is 2.12. The summed E-state index contributed by atoms with van der Waals surface area (Å²) < 4.78 is 0. The van der Waals surface area contributed by atoms with Gasteiger partial charge in [0.25, 0.3) is 0 Å². The first kappa shape index (κ1) is 9.59. The molecule has 0 aromatic heterocycles. The predicted molar refractivity (Wildman–Crippen MR) is 62.1 cm³/mol. The van der Waals surface area contributed by atoms with Gasteiger partial charge in [-0.15, -0.1) is 0 Å². The summed E-state index contributed by atoms with van der Waals surface area (Å²) in [5.74, 6) is 0.384. The van der Waals surface area contributed by atoms with Crippen molar-refractivity contribution in [2.24, 2.45) is 0 Å². The van der Waals surface area contributed by atoms with Gasteiger partial charge in [-0.05, 0) is 6.92 Å². The van der Waals surface area contributed by atoms with Gasteiger partial charge in [-0.1, -0.05) is 36.9 Å². The minimum Gasteiger partial charge on any atom is -0.507 e. The normalized spacial score (nSPS) is 10.5. The van der Waals surface area contributed by atoms with E-state index in [-0.39, 0.29) is 11.5 Å². The van der Waals surface area contributed by atoms with Crippen molar-refractivity contribution in [2.45, 2.75) is 6.92 Å². The van der Waals surface area contributed by atoms with Crippen LogP contribution in [0.4, 0.5) is 0 Å². The molecule has 2 heteroatoms. The van der Waals surface area contributed by atoms with E-state index in [0.717, 1.165) is 0 Å². The molecule has 0 spiro atoms. The van der Waals surface area contributed by atoms with Crippen LogP contribution in [0.2, 0.25) is 0 Å². The second-order valence-corrected chi connectivity index (χ2v) is 3.49. The van der Waals surface area contributed by atoms with Crippen LogP contribution in [0.25, 0.3) is 16.8 Å². The Hall–Kier alpha value is -1.96. The molecule has 0 radical (unpaired) electrons. The van der Waals surface area contributed by atoms with Gasteiger partial charge in [0.15, 0.2) is 0 Å². The fourth-order valence-electron chi connectivity index (χ4n) is 1.80. The third-order valence-corrected chi connectivity index (χ3v) is 2.66. The van der Waals surface area contributed by atoms with Crippen LogP contribution in [0.15, 0.2) is 30.8 Å². The zero-order chi connectivity index (χ0) is 11.0. The fourth-order valence-corrected chi connectivity index (χ4v) is 1.80. The van der Waals surface area contributed by atoms with E-state index >= 15 is 0 Å². The molecule has 0 amide bonds. The Kier molecular flexibility index (Phi) is 2.12. The molecule has 15 heavy (non-hydrogen) atoms. The van der Waals surface area contributed by atoms with Gasteiger partial charge in [0, 0.05) is 21.9 Å². The van der Waals surface area contributed by atoms with Gasteiger partial charge >= 0.3 is 0 Å². The van der Waals surface area contributed by atoms with Crippen LogP contribution < -0.4 is 0 Å². The third-order valence-electron chi connectivity index (χ3n) is 2.66. The standard InChI is InChI=1S/C13H12O2/c1-3-9-8(2)12(14)10-6-4-5-7-11(10)13(9)15/h3-7,14-15H,1H2,2H3. The second kappa shape index (κ2) is 3.31. The molecule has 2 aromatic rings. The maximum atomic E-state index is 9.97. The summed E-state index contributed by atoms with van der Waals surface area (Å²) in [5, 5.41) is 21.2. The number of phenolic OH excluding ortho intramolecular Hbond substituents is 2. The summed E-state index contributed by atoms with van der Waals surface area (Å²) in [5.41, 5.74) is 1.24. The van der Waals surface area contributed by atoms with Crippen LogP contribution in [0, 0.1) is 6.92 Å². The Morgan fingerprint density at radius 3 is 2.13 bits per heavy atom. The molecule has 0 fully saturated rings. The average Bonchev–Trinajstić information content (AvgIpc) is 2.27. The number of fused-ring (bicyclic) bond motifs is 1. The monoisotopic (exact) mass is 200 g/mol. The summed E-state index contributed by atoms with van der Waals surface area (Å²) in [7, 11) is 0. The first-order valence-corrected chi connectivity index (χ1v) is 4.72. The molecule has 0 heterocycles. The molecule has 2 rings (SSSR count). The maximum Gasteiger partial charge on any atom is 0.131 e. The summed E-state index contributed by atoms with van der Waals surface area (Å²) in [6, 6.07) is 7.21. The van der Waals surface area contributed by atoms with Crippen LogP contribution >= 0.6 is 0 Å². The Morgan fingerprint density at radius 1 is 1.07 bits per heavy atom. The molecule has 0 aliphatic carbocycles. The molecule has 0 saturated carbocycles. The summed E-state index contributed by atoms with van der Waals surface area (Å²) in [4.78, 5) is 0. The number of hydrogen-bond donors (Lipinski definition) is 2.